The molecule has 1 aliphatic rings. The molecule has 1 fully saturated rings. The Morgan fingerprint density at radius 3 is 2.13 bits per heavy atom. The standard InChI is InChI=1S/C26H27N7O3S2/c1-36-20-11-3-2-7-16(20)14-21(34)28-25-32-30-23(37-25)17-8-6-9-18(13-17)24-31-33-26(38-24)29-22(35)15-19-10-4-5-12-27-19/h2-5,7,10-12,17-18H,6,8-9,13-15H2,1H3,(H,28,32,34)(H,29,33,35)/t17-,18-/m0/s1. The molecule has 0 saturated heterocycles. The van der Waals surface area contributed by atoms with Gasteiger partial charge >= 0.3 is 0 Å². The van der Waals surface area contributed by atoms with Crippen molar-refractivity contribution in [2.75, 3.05) is 17.7 Å². The Bertz CT molecular complexity index is 1390. The highest BCUT2D eigenvalue weighted by Gasteiger charge is 2.29. The van der Waals surface area contributed by atoms with Crippen molar-refractivity contribution in [3.63, 3.8) is 0 Å². The Morgan fingerprint density at radius 1 is 0.868 bits per heavy atom. The van der Waals surface area contributed by atoms with Crippen LogP contribution in [0.25, 0.3) is 0 Å². The molecule has 1 aromatic carbocycles. The van der Waals surface area contributed by atoms with Crippen LogP contribution in [0.5, 0.6) is 5.75 Å². The van der Waals surface area contributed by atoms with Gasteiger partial charge in [0.15, 0.2) is 0 Å². The van der Waals surface area contributed by atoms with Crippen molar-refractivity contribution in [1.29, 1.82) is 0 Å². The van der Waals surface area contributed by atoms with E-state index in [2.05, 4.69) is 36.0 Å². The molecule has 2 amide bonds. The maximum atomic E-state index is 12.6. The largest absolute Gasteiger partial charge is 0.496 e. The van der Waals surface area contributed by atoms with Crippen LogP contribution in [0.15, 0.2) is 48.7 Å². The molecular weight excluding hydrogens is 522 g/mol. The van der Waals surface area contributed by atoms with Crippen LogP contribution < -0.4 is 15.4 Å². The van der Waals surface area contributed by atoms with Gasteiger partial charge in [-0.1, -0.05) is 53.4 Å². The zero-order chi connectivity index (χ0) is 26.3. The average molecular weight is 550 g/mol. The van der Waals surface area contributed by atoms with E-state index in [4.69, 9.17) is 4.74 Å². The first kappa shape index (κ1) is 25.9. The minimum atomic E-state index is -0.165. The maximum Gasteiger partial charge on any atom is 0.232 e. The molecule has 0 unspecified atom stereocenters. The number of carbonyl (C=O) groups is 2. The molecule has 196 valence electrons. The van der Waals surface area contributed by atoms with Crippen molar-refractivity contribution in [3.05, 3.63) is 69.9 Å². The zero-order valence-electron chi connectivity index (χ0n) is 20.8. The lowest BCUT2D eigenvalue weighted by Crippen LogP contribution is -2.14. The summed E-state index contributed by atoms with van der Waals surface area (Å²) in [6.45, 7) is 0. The minimum absolute atomic E-state index is 0.162. The number of para-hydroxylation sites is 1. The number of carbonyl (C=O) groups excluding carboxylic acids is 2. The number of hydrogen-bond acceptors (Lipinski definition) is 10. The number of rotatable bonds is 9. The summed E-state index contributed by atoms with van der Waals surface area (Å²) in [5.74, 6) is 0.825. The third-order valence-corrected chi connectivity index (χ3v) is 8.36. The van der Waals surface area contributed by atoms with Gasteiger partial charge in [0.05, 0.1) is 20.0 Å². The summed E-state index contributed by atoms with van der Waals surface area (Å²) < 4.78 is 5.33. The van der Waals surface area contributed by atoms with Gasteiger partial charge < -0.3 is 15.4 Å². The third kappa shape index (κ3) is 6.56. The lowest BCUT2D eigenvalue weighted by molar-refractivity contribution is -0.116. The maximum absolute atomic E-state index is 12.6. The van der Waals surface area contributed by atoms with Gasteiger partial charge in [-0.15, -0.1) is 20.4 Å². The van der Waals surface area contributed by atoms with Crippen LogP contribution >= 0.6 is 22.7 Å². The summed E-state index contributed by atoms with van der Waals surface area (Å²) in [6.07, 6.45) is 5.98. The minimum Gasteiger partial charge on any atom is -0.496 e. The van der Waals surface area contributed by atoms with E-state index in [9.17, 15) is 9.59 Å². The molecule has 3 heterocycles. The second-order valence-electron chi connectivity index (χ2n) is 9.03. The molecule has 0 radical (unpaired) electrons. The Hall–Kier alpha value is -3.77. The lowest BCUT2D eigenvalue weighted by Gasteiger charge is -2.25. The predicted octanol–water partition coefficient (Wildman–Crippen LogP) is 4.60. The number of anilines is 2. The summed E-state index contributed by atoms with van der Waals surface area (Å²) >= 11 is 2.84. The van der Waals surface area contributed by atoms with Crippen LogP contribution in [0.2, 0.25) is 0 Å². The molecule has 0 spiro atoms. The molecule has 10 nitrogen and oxygen atoms in total. The van der Waals surface area contributed by atoms with E-state index in [-0.39, 0.29) is 36.5 Å². The van der Waals surface area contributed by atoms with Crippen LogP contribution in [-0.2, 0) is 22.4 Å². The second-order valence-corrected chi connectivity index (χ2v) is 11.1. The van der Waals surface area contributed by atoms with E-state index in [1.807, 2.05) is 42.5 Å². The van der Waals surface area contributed by atoms with Crippen LogP contribution in [-0.4, -0.2) is 44.3 Å². The fourth-order valence-corrected chi connectivity index (χ4v) is 6.37. The number of benzene rings is 1. The van der Waals surface area contributed by atoms with E-state index in [1.54, 1.807) is 13.3 Å². The normalized spacial score (nSPS) is 17.1. The molecule has 2 atom stereocenters. The monoisotopic (exact) mass is 549 g/mol. The average Bonchev–Trinajstić information content (AvgIpc) is 3.59. The van der Waals surface area contributed by atoms with Crippen molar-refractivity contribution < 1.29 is 14.3 Å². The molecule has 2 N–H and O–H groups in total. The quantitative estimate of drug-likeness (QED) is 0.310. The first-order valence-electron chi connectivity index (χ1n) is 12.4. The van der Waals surface area contributed by atoms with Crippen LogP contribution in [0.1, 0.15) is 58.8 Å². The van der Waals surface area contributed by atoms with E-state index in [1.165, 1.54) is 22.7 Å². The Morgan fingerprint density at radius 2 is 1.50 bits per heavy atom. The third-order valence-electron chi connectivity index (χ3n) is 6.36. The van der Waals surface area contributed by atoms with Gasteiger partial charge in [0.1, 0.15) is 15.8 Å². The molecule has 0 aliphatic heterocycles. The van der Waals surface area contributed by atoms with Crippen molar-refractivity contribution in [1.82, 2.24) is 25.4 Å². The molecule has 1 saturated carbocycles. The van der Waals surface area contributed by atoms with Crippen LogP contribution in [0.4, 0.5) is 10.3 Å². The first-order chi connectivity index (χ1) is 18.6. The van der Waals surface area contributed by atoms with Gasteiger partial charge in [0.25, 0.3) is 0 Å². The van der Waals surface area contributed by atoms with Crippen molar-refractivity contribution in [2.45, 2.75) is 50.4 Å². The number of nitrogens with zero attached hydrogens (tertiary/aromatic N) is 5. The SMILES string of the molecule is COc1ccccc1CC(=O)Nc1nnc([C@H]2CCC[C@H](c3nnc(NC(=O)Cc4ccccn4)s3)C2)s1. The molecule has 38 heavy (non-hydrogen) atoms. The van der Waals surface area contributed by atoms with Gasteiger partial charge in [-0.2, -0.15) is 0 Å². The van der Waals surface area contributed by atoms with Gasteiger partial charge in [0.2, 0.25) is 22.1 Å². The fourth-order valence-electron chi connectivity index (χ4n) is 4.55. The summed E-state index contributed by atoms with van der Waals surface area (Å²) in [6, 6.07) is 13.0. The van der Waals surface area contributed by atoms with Gasteiger partial charge in [-0.05, 0) is 37.5 Å². The summed E-state index contributed by atoms with van der Waals surface area (Å²) in [4.78, 5) is 29.1. The van der Waals surface area contributed by atoms with E-state index >= 15 is 0 Å². The second kappa shape index (κ2) is 12.2. The van der Waals surface area contributed by atoms with Crippen LogP contribution in [0.3, 0.4) is 0 Å². The molecule has 0 bridgehead atoms. The number of methoxy groups -OCH3 is 1. The lowest BCUT2D eigenvalue weighted by atomic mass is 9.82. The van der Waals surface area contributed by atoms with Crippen LogP contribution in [0, 0.1) is 0 Å². The number of pyridine rings is 1. The predicted molar refractivity (Wildman–Crippen MR) is 146 cm³/mol. The van der Waals surface area contributed by atoms with Crippen molar-refractivity contribution in [3.8, 4) is 5.75 Å². The van der Waals surface area contributed by atoms with E-state index in [0.717, 1.165) is 41.3 Å². The molecule has 12 heteroatoms. The first-order valence-corrected chi connectivity index (χ1v) is 14.0. The van der Waals surface area contributed by atoms with Crippen molar-refractivity contribution in [2.24, 2.45) is 0 Å². The Labute approximate surface area is 227 Å². The molecular formula is C26H27N7O3S2. The molecule has 3 aromatic heterocycles. The summed E-state index contributed by atoms with van der Waals surface area (Å²) in [5, 5.41) is 25.7. The van der Waals surface area contributed by atoms with Gasteiger partial charge in [-0.25, -0.2) is 0 Å². The highest BCUT2D eigenvalue weighted by Crippen LogP contribution is 2.43. The highest BCUT2D eigenvalue weighted by atomic mass is 32.1. The zero-order valence-corrected chi connectivity index (χ0v) is 22.4. The van der Waals surface area contributed by atoms with E-state index in [0.29, 0.717) is 21.7 Å². The smallest absolute Gasteiger partial charge is 0.232 e. The fraction of sp³-hybridized carbons (Fsp3) is 0.346. The molecule has 1 aliphatic carbocycles. The molecule has 4 aromatic rings. The van der Waals surface area contributed by atoms with Gasteiger partial charge in [-0.3, -0.25) is 14.6 Å². The highest BCUT2D eigenvalue weighted by molar-refractivity contribution is 7.15. The number of amides is 2. The number of nitrogens with one attached hydrogen (secondary N) is 2. The van der Waals surface area contributed by atoms with Gasteiger partial charge in [0, 0.05) is 29.3 Å². The summed E-state index contributed by atoms with van der Waals surface area (Å²) in [7, 11) is 1.59. The number of ether oxygens (including phenoxy) is 1. The molecule has 5 rings (SSSR count). The van der Waals surface area contributed by atoms with E-state index < -0.39 is 0 Å². The Balaban J connectivity index is 1.16. The number of hydrogen-bond donors (Lipinski definition) is 2. The summed E-state index contributed by atoms with van der Waals surface area (Å²) in [5.41, 5.74) is 1.52. The van der Waals surface area contributed by atoms with Crippen molar-refractivity contribution >= 4 is 44.8 Å². The number of aromatic nitrogens is 5. The Kier molecular flexibility index (Phi) is 8.29. The topological polar surface area (TPSA) is 132 Å².